The molecule has 1 atom stereocenters. The number of hydrogen-bond acceptors (Lipinski definition) is 4. The third-order valence-corrected chi connectivity index (χ3v) is 2.73. The number of rotatable bonds is 4. The van der Waals surface area contributed by atoms with Gasteiger partial charge in [0.05, 0.1) is 30.7 Å². The Labute approximate surface area is 110 Å². The molecule has 0 spiro atoms. The van der Waals surface area contributed by atoms with Gasteiger partial charge < -0.3 is 14.5 Å². The van der Waals surface area contributed by atoms with Gasteiger partial charge in [-0.3, -0.25) is 0 Å². The molecule has 100 valence electrons. The Hall–Kier alpha value is -2.30. The fourth-order valence-electron chi connectivity index (χ4n) is 1.72. The second-order valence-electron chi connectivity index (χ2n) is 4.07. The molecule has 19 heavy (non-hydrogen) atoms. The smallest absolute Gasteiger partial charge is 0.337 e. The average Bonchev–Trinajstić information content (AvgIpc) is 2.94. The maximum atomic E-state index is 13.7. The molecule has 2 aromatic rings. The quantitative estimate of drug-likeness (QED) is 0.859. The van der Waals surface area contributed by atoms with E-state index in [9.17, 15) is 9.18 Å². The minimum atomic E-state index is -0.506. The number of carbonyl (C=O) groups is 1. The van der Waals surface area contributed by atoms with Gasteiger partial charge in [-0.1, -0.05) is 0 Å². The van der Waals surface area contributed by atoms with Crippen LogP contribution in [0.15, 0.2) is 41.0 Å². The molecule has 1 heterocycles. The van der Waals surface area contributed by atoms with Crippen LogP contribution >= 0.6 is 0 Å². The number of esters is 1. The van der Waals surface area contributed by atoms with E-state index in [0.717, 1.165) is 0 Å². The Bertz CT molecular complexity index is 566. The van der Waals surface area contributed by atoms with Crippen molar-refractivity contribution in [3.05, 3.63) is 53.7 Å². The van der Waals surface area contributed by atoms with Crippen LogP contribution in [0.25, 0.3) is 0 Å². The van der Waals surface area contributed by atoms with Crippen LogP contribution in [0.4, 0.5) is 10.1 Å². The van der Waals surface area contributed by atoms with E-state index in [2.05, 4.69) is 10.1 Å². The van der Waals surface area contributed by atoms with E-state index in [1.165, 1.54) is 25.3 Å². The second-order valence-corrected chi connectivity index (χ2v) is 4.07. The summed E-state index contributed by atoms with van der Waals surface area (Å²) < 4.78 is 23.5. The number of nitrogens with one attached hydrogen (secondary N) is 1. The van der Waals surface area contributed by atoms with Gasteiger partial charge in [-0.2, -0.15) is 0 Å². The van der Waals surface area contributed by atoms with Crippen molar-refractivity contribution in [1.29, 1.82) is 0 Å². The molecule has 1 aromatic carbocycles. The maximum Gasteiger partial charge on any atom is 0.337 e. The molecule has 0 saturated carbocycles. The fraction of sp³-hybridized carbons (Fsp3) is 0.214. The fourth-order valence-corrected chi connectivity index (χ4v) is 1.72. The Morgan fingerprint density at radius 2 is 2.21 bits per heavy atom. The highest BCUT2D eigenvalue weighted by molar-refractivity contribution is 5.90. The van der Waals surface area contributed by atoms with Crippen molar-refractivity contribution >= 4 is 11.7 Å². The summed E-state index contributed by atoms with van der Waals surface area (Å²) in [5, 5.41) is 2.96. The monoisotopic (exact) mass is 263 g/mol. The Balaban J connectivity index is 2.22. The van der Waals surface area contributed by atoms with Crippen molar-refractivity contribution in [1.82, 2.24) is 0 Å². The molecule has 0 aliphatic rings. The van der Waals surface area contributed by atoms with E-state index in [0.29, 0.717) is 5.76 Å². The van der Waals surface area contributed by atoms with Crippen LogP contribution in [0.1, 0.15) is 29.1 Å². The molecule has 4 nitrogen and oxygen atoms in total. The summed E-state index contributed by atoms with van der Waals surface area (Å²) in [5.74, 6) is -0.261. The zero-order valence-corrected chi connectivity index (χ0v) is 10.6. The van der Waals surface area contributed by atoms with Crippen LogP contribution in [0.3, 0.4) is 0 Å². The maximum absolute atomic E-state index is 13.7. The van der Waals surface area contributed by atoms with Crippen molar-refractivity contribution in [3.63, 3.8) is 0 Å². The lowest BCUT2D eigenvalue weighted by Gasteiger charge is -2.14. The van der Waals surface area contributed by atoms with Gasteiger partial charge in [0.2, 0.25) is 0 Å². The summed E-state index contributed by atoms with van der Waals surface area (Å²) in [4.78, 5) is 11.4. The summed E-state index contributed by atoms with van der Waals surface area (Å²) in [5.41, 5.74) is 0.518. The molecule has 0 aliphatic carbocycles. The first-order valence-electron chi connectivity index (χ1n) is 5.79. The summed E-state index contributed by atoms with van der Waals surface area (Å²) in [7, 11) is 1.28. The third-order valence-electron chi connectivity index (χ3n) is 2.73. The van der Waals surface area contributed by atoms with Gasteiger partial charge in [0, 0.05) is 0 Å². The highest BCUT2D eigenvalue weighted by atomic mass is 19.1. The summed E-state index contributed by atoms with van der Waals surface area (Å²) in [6.07, 6.45) is 1.55. The van der Waals surface area contributed by atoms with E-state index in [-0.39, 0.29) is 17.3 Å². The first-order chi connectivity index (χ1) is 9.11. The third kappa shape index (κ3) is 2.93. The van der Waals surface area contributed by atoms with Gasteiger partial charge in [-0.25, -0.2) is 9.18 Å². The zero-order valence-electron chi connectivity index (χ0n) is 10.6. The van der Waals surface area contributed by atoms with Crippen LogP contribution in [-0.2, 0) is 4.74 Å². The van der Waals surface area contributed by atoms with Gasteiger partial charge in [0.15, 0.2) is 0 Å². The van der Waals surface area contributed by atoms with Gasteiger partial charge in [-0.05, 0) is 37.3 Å². The van der Waals surface area contributed by atoms with Crippen LogP contribution < -0.4 is 5.32 Å². The average molecular weight is 263 g/mol. The minimum absolute atomic E-state index is 0.211. The molecule has 0 amide bonds. The Morgan fingerprint density at radius 3 is 2.84 bits per heavy atom. The lowest BCUT2D eigenvalue weighted by atomic mass is 10.1. The molecule has 5 heteroatoms. The zero-order chi connectivity index (χ0) is 13.8. The highest BCUT2D eigenvalue weighted by Crippen LogP contribution is 2.23. The van der Waals surface area contributed by atoms with Gasteiger partial charge >= 0.3 is 5.97 Å². The molecular weight excluding hydrogens is 249 g/mol. The Kier molecular flexibility index (Phi) is 3.85. The summed E-state index contributed by atoms with van der Waals surface area (Å²) in [6.45, 7) is 1.84. The molecule has 1 N–H and O–H groups in total. The van der Waals surface area contributed by atoms with E-state index in [1.54, 1.807) is 18.4 Å². The van der Waals surface area contributed by atoms with Crippen LogP contribution in [0.5, 0.6) is 0 Å². The van der Waals surface area contributed by atoms with Crippen molar-refractivity contribution in [2.75, 3.05) is 12.4 Å². The normalized spacial score (nSPS) is 11.9. The van der Waals surface area contributed by atoms with Crippen LogP contribution in [0.2, 0.25) is 0 Å². The topological polar surface area (TPSA) is 51.5 Å². The number of benzene rings is 1. The van der Waals surface area contributed by atoms with Gasteiger partial charge in [0.25, 0.3) is 0 Å². The molecule has 1 unspecified atom stereocenters. The predicted molar refractivity (Wildman–Crippen MR) is 68.5 cm³/mol. The number of halogens is 1. The number of carbonyl (C=O) groups excluding carboxylic acids is 1. The molecule has 1 aromatic heterocycles. The molecule has 0 bridgehead atoms. The highest BCUT2D eigenvalue weighted by Gasteiger charge is 2.13. The number of ether oxygens (including phenoxy) is 1. The lowest BCUT2D eigenvalue weighted by Crippen LogP contribution is -2.09. The molecule has 0 fully saturated rings. The molecule has 0 radical (unpaired) electrons. The van der Waals surface area contributed by atoms with E-state index in [1.807, 2.05) is 6.92 Å². The Morgan fingerprint density at radius 1 is 1.42 bits per heavy atom. The lowest BCUT2D eigenvalue weighted by molar-refractivity contribution is 0.0600. The number of anilines is 1. The minimum Gasteiger partial charge on any atom is -0.467 e. The summed E-state index contributed by atoms with van der Waals surface area (Å²) >= 11 is 0. The summed E-state index contributed by atoms with van der Waals surface area (Å²) in [6, 6.07) is 7.36. The standard InChI is InChI=1S/C14H14FNO3/c1-9(13-4-3-7-19-13)16-12-8-10(14(17)18-2)5-6-11(12)15/h3-9,16H,1-2H3. The van der Waals surface area contributed by atoms with E-state index < -0.39 is 11.8 Å². The van der Waals surface area contributed by atoms with Crippen LogP contribution in [-0.4, -0.2) is 13.1 Å². The van der Waals surface area contributed by atoms with Gasteiger partial charge in [-0.15, -0.1) is 0 Å². The van der Waals surface area contributed by atoms with Crippen molar-refractivity contribution in [2.24, 2.45) is 0 Å². The first kappa shape index (κ1) is 13.1. The predicted octanol–water partition coefficient (Wildman–Crippen LogP) is 3.38. The molecule has 0 saturated heterocycles. The number of methoxy groups -OCH3 is 1. The molecule has 0 aliphatic heterocycles. The SMILES string of the molecule is COC(=O)c1ccc(F)c(NC(C)c2ccco2)c1. The number of hydrogen-bond donors (Lipinski definition) is 1. The van der Waals surface area contributed by atoms with Crippen molar-refractivity contribution in [2.45, 2.75) is 13.0 Å². The van der Waals surface area contributed by atoms with Gasteiger partial charge in [0.1, 0.15) is 11.6 Å². The van der Waals surface area contributed by atoms with E-state index in [4.69, 9.17) is 4.42 Å². The molecule has 2 rings (SSSR count). The largest absolute Gasteiger partial charge is 0.467 e. The second kappa shape index (κ2) is 5.56. The first-order valence-corrected chi connectivity index (χ1v) is 5.79. The van der Waals surface area contributed by atoms with Crippen molar-refractivity contribution < 1.29 is 18.3 Å². The molecular formula is C14H14FNO3. The van der Waals surface area contributed by atoms with E-state index >= 15 is 0 Å². The van der Waals surface area contributed by atoms with Crippen molar-refractivity contribution in [3.8, 4) is 0 Å². The number of furan rings is 1. The van der Waals surface area contributed by atoms with Crippen LogP contribution in [0, 0.1) is 5.82 Å².